The predicted octanol–water partition coefficient (Wildman–Crippen LogP) is 4.23. The van der Waals surface area contributed by atoms with Crippen molar-refractivity contribution in [2.75, 3.05) is 5.32 Å². The van der Waals surface area contributed by atoms with Crippen molar-refractivity contribution < 1.29 is 19.2 Å². The number of ketones is 1. The van der Waals surface area contributed by atoms with Crippen LogP contribution in [-0.2, 0) is 15.0 Å². The molecule has 1 aliphatic heterocycles. The van der Waals surface area contributed by atoms with E-state index in [2.05, 4.69) is 10.6 Å². The number of hydrogen-bond acceptors (Lipinski definition) is 4. The zero-order chi connectivity index (χ0) is 23.2. The summed E-state index contributed by atoms with van der Waals surface area (Å²) in [5.74, 6) is -0.917. The van der Waals surface area contributed by atoms with Crippen LogP contribution in [0.15, 0.2) is 66.7 Å². The molecule has 3 aromatic carbocycles. The first-order valence-corrected chi connectivity index (χ1v) is 11.0. The fourth-order valence-corrected chi connectivity index (χ4v) is 4.81. The maximum atomic E-state index is 12.9. The number of imide groups is 1. The number of carbonyl (C=O) groups is 4. The summed E-state index contributed by atoms with van der Waals surface area (Å²) in [7, 11) is 0. The molecule has 1 heterocycles. The lowest BCUT2D eigenvalue weighted by atomic mass is 9.72. The highest BCUT2D eigenvalue weighted by Crippen LogP contribution is 2.38. The van der Waals surface area contributed by atoms with Crippen LogP contribution in [0, 0.1) is 0 Å². The van der Waals surface area contributed by atoms with E-state index in [-0.39, 0.29) is 23.5 Å². The van der Waals surface area contributed by atoms with Crippen molar-refractivity contribution in [1.82, 2.24) is 5.32 Å². The molecule has 1 saturated heterocycles. The van der Waals surface area contributed by atoms with Gasteiger partial charge >= 0.3 is 0 Å². The standard InChI is InChI=1S/C27H22N2O4/c1-2-27(14-13-23(30)29-26(27)33)17-8-10-18(11-9-17)28-25(32)16-7-12-20-19-5-3-4-6-21(19)24(31)22(20)15-16/h3-12,15H,2,13-14H2,1H3,(H,28,32)(H,29,30,33). The summed E-state index contributed by atoms with van der Waals surface area (Å²) in [6.45, 7) is 1.93. The van der Waals surface area contributed by atoms with Crippen molar-refractivity contribution >= 4 is 29.2 Å². The van der Waals surface area contributed by atoms with E-state index in [0.29, 0.717) is 41.6 Å². The molecule has 3 amide bonds. The summed E-state index contributed by atoms with van der Waals surface area (Å²) < 4.78 is 0. The van der Waals surface area contributed by atoms with E-state index in [1.54, 1.807) is 30.3 Å². The molecule has 164 valence electrons. The maximum Gasteiger partial charge on any atom is 0.255 e. The largest absolute Gasteiger partial charge is 0.322 e. The number of fused-ring (bicyclic) bond motifs is 3. The molecule has 1 unspecified atom stereocenters. The third kappa shape index (κ3) is 3.35. The lowest BCUT2D eigenvalue weighted by Crippen LogP contribution is -2.51. The minimum atomic E-state index is -0.744. The second kappa shape index (κ2) is 7.81. The van der Waals surface area contributed by atoms with Gasteiger partial charge in [-0.25, -0.2) is 0 Å². The van der Waals surface area contributed by atoms with E-state index in [0.717, 1.165) is 16.7 Å². The van der Waals surface area contributed by atoms with Crippen LogP contribution in [0.5, 0.6) is 0 Å². The van der Waals surface area contributed by atoms with Crippen molar-refractivity contribution in [3.8, 4) is 11.1 Å². The molecule has 0 aromatic heterocycles. The van der Waals surface area contributed by atoms with Gasteiger partial charge in [-0.05, 0) is 53.8 Å². The monoisotopic (exact) mass is 438 g/mol. The molecule has 2 aliphatic rings. The van der Waals surface area contributed by atoms with Crippen molar-refractivity contribution in [1.29, 1.82) is 0 Å². The Morgan fingerprint density at radius 1 is 0.909 bits per heavy atom. The molecule has 0 bridgehead atoms. The Hall–Kier alpha value is -4.06. The molecule has 5 rings (SSSR count). The number of carbonyl (C=O) groups excluding carboxylic acids is 4. The van der Waals surface area contributed by atoms with Crippen LogP contribution in [0.1, 0.15) is 58.0 Å². The molecular weight excluding hydrogens is 416 g/mol. The summed E-state index contributed by atoms with van der Waals surface area (Å²) in [6, 6.07) is 19.7. The first kappa shape index (κ1) is 20.8. The zero-order valence-electron chi connectivity index (χ0n) is 18.1. The van der Waals surface area contributed by atoms with Gasteiger partial charge in [0.1, 0.15) is 0 Å². The molecule has 6 heteroatoms. The van der Waals surface area contributed by atoms with E-state index < -0.39 is 5.41 Å². The summed E-state index contributed by atoms with van der Waals surface area (Å²) in [4.78, 5) is 49.7. The van der Waals surface area contributed by atoms with Gasteiger partial charge in [-0.2, -0.15) is 0 Å². The van der Waals surface area contributed by atoms with Crippen LogP contribution in [0.3, 0.4) is 0 Å². The molecule has 1 fully saturated rings. The van der Waals surface area contributed by atoms with Gasteiger partial charge in [-0.15, -0.1) is 0 Å². The second-order valence-corrected chi connectivity index (χ2v) is 8.48. The van der Waals surface area contributed by atoms with Crippen molar-refractivity contribution in [2.45, 2.75) is 31.6 Å². The smallest absolute Gasteiger partial charge is 0.255 e. The molecule has 3 aromatic rings. The van der Waals surface area contributed by atoms with Gasteiger partial charge in [-0.3, -0.25) is 24.5 Å². The van der Waals surface area contributed by atoms with Crippen LogP contribution in [0.2, 0.25) is 0 Å². The van der Waals surface area contributed by atoms with Crippen LogP contribution in [0.25, 0.3) is 11.1 Å². The van der Waals surface area contributed by atoms with Gasteiger partial charge in [0, 0.05) is 28.8 Å². The van der Waals surface area contributed by atoms with E-state index in [4.69, 9.17) is 0 Å². The molecule has 1 aliphatic carbocycles. The van der Waals surface area contributed by atoms with Crippen LogP contribution >= 0.6 is 0 Å². The molecule has 0 saturated carbocycles. The maximum absolute atomic E-state index is 12.9. The SMILES string of the molecule is CCC1(c2ccc(NC(=O)c3ccc4c(c3)C(=O)c3ccccc3-4)cc2)CCC(=O)NC1=O. The van der Waals surface area contributed by atoms with Crippen LogP contribution < -0.4 is 10.6 Å². The van der Waals surface area contributed by atoms with E-state index in [1.807, 2.05) is 43.3 Å². The molecule has 1 atom stereocenters. The highest BCUT2D eigenvalue weighted by atomic mass is 16.2. The number of amides is 3. The van der Waals surface area contributed by atoms with Gasteiger partial charge in [0.05, 0.1) is 5.41 Å². The Kier molecular flexibility index (Phi) is 4.93. The minimum Gasteiger partial charge on any atom is -0.322 e. The fourth-order valence-electron chi connectivity index (χ4n) is 4.81. The molecular formula is C27H22N2O4. The summed E-state index contributed by atoms with van der Waals surface area (Å²) in [5.41, 5.74) is 3.96. The highest BCUT2D eigenvalue weighted by Gasteiger charge is 2.42. The Morgan fingerprint density at radius 2 is 1.61 bits per heavy atom. The fraction of sp³-hybridized carbons (Fsp3) is 0.185. The molecule has 6 nitrogen and oxygen atoms in total. The minimum absolute atomic E-state index is 0.0753. The lowest BCUT2D eigenvalue weighted by Gasteiger charge is -2.35. The quantitative estimate of drug-likeness (QED) is 0.466. The van der Waals surface area contributed by atoms with Gasteiger partial charge in [0.25, 0.3) is 5.91 Å². The summed E-state index contributed by atoms with van der Waals surface area (Å²) in [5, 5.41) is 5.30. The van der Waals surface area contributed by atoms with E-state index in [9.17, 15) is 19.2 Å². The van der Waals surface area contributed by atoms with Crippen molar-refractivity contribution in [3.63, 3.8) is 0 Å². The summed E-state index contributed by atoms with van der Waals surface area (Å²) in [6.07, 6.45) is 1.34. The molecule has 0 spiro atoms. The van der Waals surface area contributed by atoms with Gasteiger partial charge in [0.15, 0.2) is 5.78 Å². The van der Waals surface area contributed by atoms with Gasteiger partial charge in [0.2, 0.25) is 11.8 Å². The number of anilines is 1. The molecule has 33 heavy (non-hydrogen) atoms. The van der Waals surface area contributed by atoms with Gasteiger partial charge < -0.3 is 5.32 Å². The first-order valence-electron chi connectivity index (χ1n) is 11.0. The average Bonchev–Trinajstić information content (AvgIpc) is 3.12. The zero-order valence-corrected chi connectivity index (χ0v) is 18.1. The van der Waals surface area contributed by atoms with Gasteiger partial charge in [-0.1, -0.05) is 49.4 Å². The number of hydrogen-bond donors (Lipinski definition) is 2. The Labute approximate surface area is 191 Å². The normalized spacial score (nSPS) is 19.0. The lowest BCUT2D eigenvalue weighted by molar-refractivity contribution is -0.138. The third-order valence-electron chi connectivity index (χ3n) is 6.75. The molecule has 0 radical (unpaired) electrons. The van der Waals surface area contributed by atoms with Crippen molar-refractivity contribution in [2.24, 2.45) is 0 Å². The topological polar surface area (TPSA) is 92.3 Å². The Morgan fingerprint density at radius 3 is 2.30 bits per heavy atom. The highest BCUT2D eigenvalue weighted by molar-refractivity contribution is 6.22. The van der Waals surface area contributed by atoms with E-state index >= 15 is 0 Å². The van der Waals surface area contributed by atoms with E-state index in [1.165, 1.54) is 0 Å². The molecule has 2 N–H and O–H groups in total. The summed E-state index contributed by atoms with van der Waals surface area (Å²) >= 11 is 0. The predicted molar refractivity (Wildman–Crippen MR) is 124 cm³/mol. The Bertz CT molecular complexity index is 1330. The first-order chi connectivity index (χ1) is 15.9. The number of piperidine rings is 1. The number of nitrogens with one attached hydrogen (secondary N) is 2. The third-order valence-corrected chi connectivity index (χ3v) is 6.75. The number of benzene rings is 3. The number of rotatable bonds is 4. The van der Waals surface area contributed by atoms with Crippen LogP contribution in [-0.4, -0.2) is 23.5 Å². The average molecular weight is 438 g/mol. The Balaban J connectivity index is 1.36. The second-order valence-electron chi connectivity index (χ2n) is 8.48. The van der Waals surface area contributed by atoms with Crippen LogP contribution in [0.4, 0.5) is 5.69 Å². The van der Waals surface area contributed by atoms with Crippen molar-refractivity contribution in [3.05, 3.63) is 89.0 Å².